The van der Waals surface area contributed by atoms with Gasteiger partial charge in [-0.2, -0.15) is 5.10 Å². The van der Waals surface area contributed by atoms with E-state index in [0.717, 1.165) is 5.69 Å². The lowest BCUT2D eigenvalue weighted by molar-refractivity contribution is 0.0526. The van der Waals surface area contributed by atoms with Gasteiger partial charge in [-0.1, -0.05) is 0 Å². The van der Waals surface area contributed by atoms with E-state index in [1.54, 1.807) is 52.1 Å². The Balaban J connectivity index is 2.37. The van der Waals surface area contributed by atoms with Gasteiger partial charge in [0.1, 0.15) is 11.2 Å². The summed E-state index contributed by atoms with van der Waals surface area (Å²) in [7, 11) is 0. The molecule has 0 atom stereocenters. The van der Waals surface area contributed by atoms with Crippen LogP contribution in [0.4, 0.5) is 10.5 Å². The number of amides is 1. The first-order chi connectivity index (χ1) is 12.9. The van der Waals surface area contributed by atoms with Gasteiger partial charge in [-0.15, -0.1) is 0 Å². The average Bonchev–Trinajstić information content (AvgIpc) is 2.91. The molecule has 2 rings (SSSR count). The van der Waals surface area contributed by atoms with Gasteiger partial charge in [-0.25, -0.2) is 14.1 Å². The summed E-state index contributed by atoms with van der Waals surface area (Å²) in [6.45, 7) is 10.7. The second-order valence-electron chi connectivity index (χ2n) is 8.27. The zero-order chi connectivity index (χ0) is 21.1. The highest BCUT2D eigenvalue weighted by molar-refractivity contribution is 6.00. The number of pyridine rings is 1. The maximum absolute atomic E-state index is 12.4. The fourth-order valence-electron chi connectivity index (χ4n) is 2.54. The molecule has 0 spiro atoms. The second kappa shape index (κ2) is 8.18. The van der Waals surface area contributed by atoms with Crippen LogP contribution in [0.15, 0.2) is 18.3 Å². The van der Waals surface area contributed by atoms with Crippen molar-refractivity contribution in [2.24, 2.45) is 0 Å². The number of fused-ring (bicyclic) bond motifs is 1. The Labute approximate surface area is 164 Å². The number of rotatable bonds is 6. The topological polar surface area (TPSA) is 102 Å². The predicted octanol–water partition coefficient (Wildman–Crippen LogP) is 3.56. The highest BCUT2D eigenvalue weighted by Gasteiger charge is 2.21. The second-order valence-corrected chi connectivity index (χ2v) is 8.27. The molecule has 0 aliphatic rings. The third-order valence-corrected chi connectivity index (χ3v) is 3.77. The summed E-state index contributed by atoms with van der Waals surface area (Å²) in [5.41, 5.74) is 0.469. The summed E-state index contributed by atoms with van der Waals surface area (Å²) in [5.74, 6) is -0.566. The molecule has 2 heterocycles. The Morgan fingerprint density at radius 3 is 2.46 bits per heavy atom. The van der Waals surface area contributed by atoms with Gasteiger partial charge in [0, 0.05) is 6.20 Å². The molecule has 8 nitrogen and oxygen atoms in total. The molecule has 2 aromatic heterocycles. The van der Waals surface area contributed by atoms with Crippen molar-refractivity contribution < 1.29 is 24.2 Å². The number of nitrogens with zero attached hydrogens (tertiary/aromatic N) is 2. The lowest BCUT2D eigenvalue weighted by atomic mass is 10.0. The lowest BCUT2D eigenvalue weighted by Crippen LogP contribution is -2.28. The van der Waals surface area contributed by atoms with Crippen LogP contribution in [0.1, 0.15) is 64.0 Å². The molecule has 0 aliphatic heterocycles. The zero-order valence-corrected chi connectivity index (χ0v) is 17.3. The molecule has 0 radical (unpaired) electrons. The number of aryl methyl sites for hydroxylation is 1. The Bertz CT molecular complexity index is 859. The molecule has 2 aromatic rings. The SMILES string of the molecule is CCOC(=O)c1cn2nc(CCC(C)(C)O)cc2cc1NC(=O)OC(C)(C)C. The number of carbonyl (C=O) groups excluding carboxylic acids is 2. The Morgan fingerprint density at radius 1 is 1.21 bits per heavy atom. The van der Waals surface area contributed by atoms with Crippen molar-refractivity contribution >= 4 is 23.3 Å². The van der Waals surface area contributed by atoms with Gasteiger partial charge in [-0.3, -0.25) is 5.32 Å². The van der Waals surface area contributed by atoms with E-state index in [1.165, 1.54) is 6.20 Å². The molecule has 0 aromatic carbocycles. The minimum Gasteiger partial charge on any atom is -0.462 e. The van der Waals surface area contributed by atoms with Crippen LogP contribution < -0.4 is 5.32 Å². The van der Waals surface area contributed by atoms with Crippen molar-refractivity contribution in [2.75, 3.05) is 11.9 Å². The number of hydrogen-bond donors (Lipinski definition) is 2. The largest absolute Gasteiger partial charge is 0.462 e. The van der Waals surface area contributed by atoms with E-state index in [1.807, 2.05) is 6.07 Å². The number of hydrogen-bond acceptors (Lipinski definition) is 6. The quantitative estimate of drug-likeness (QED) is 0.730. The molecule has 0 saturated heterocycles. The molecular weight excluding hydrogens is 362 g/mol. The number of nitrogens with one attached hydrogen (secondary N) is 1. The van der Waals surface area contributed by atoms with Crippen molar-refractivity contribution in [2.45, 2.75) is 65.6 Å². The molecular formula is C20H29N3O5. The maximum Gasteiger partial charge on any atom is 0.412 e. The van der Waals surface area contributed by atoms with Crippen LogP contribution in [0.2, 0.25) is 0 Å². The molecule has 0 unspecified atom stereocenters. The molecule has 8 heteroatoms. The van der Waals surface area contributed by atoms with Crippen LogP contribution >= 0.6 is 0 Å². The Morgan fingerprint density at radius 2 is 1.89 bits per heavy atom. The zero-order valence-electron chi connectivity index (χ0n) is 17.3. The van der Waals surface area contributed by atoms with Gasteiger partial charge >= 0.3 is 12.1 Å². The van der Waals surface area contributed by atoms with Crippen LogP contribution in [-0.4, -0.2) is 44.6 Å². The third-order valence-electron chi connectivity index (χ3n) is 3.77. The predicted molar refractivity (Wildman–Crippen MR) is 106 cm³/mol. The van der Waals surface area contributed by atoms with E-state index in [4.69, 9.17) is 9.47 Å². The minimum atomic E-state index is -0.796. The van der Waals surface area contributed by atoms with E-state index in [2.05, 4.69) is 10.4 Å². The summed E-state index contributed by atoms with van der Waals surface area (Å²) in [5, 5.41) is 17.0. The van der Waals surface area contributed by atoms with Crippen molar-refractivity contribution in [1.29, 1.82) is 0 Å². The van der Waals surface area contributed by atoms with E-state index >= 15 is 0 Å². The van der Waals surface area contributed by atoms with Crippen molar-refractivity contribution in [3.05, 3.63) is 29.6 Å². The monoisotopic (exact) mass is 391 g/mol. The van der Waals surface area contributed by atoms with E-state index in [9.17, 15) is 14.7 Å². The van der Waals surface area contributed by atoms with Crippen LogP contribution in [0.5, 0.6) is 0 Å². The van der Waals surface area contributed by atoms with Gasteiger partial charge in [-0.05, 0) is 66.5 Å². The smallest absolute Gasteiger partial charge is 0.412 e. The molecule has 0 aliphatic carbocycles. The third kappa shape index (κ3) is 6.23. The Hall–Kier alpha value is -2.61. The van der Waals surface area contributed by atoms with Gasteiger partial charge in [0.15, 0.2) is 0 Å². The molecule has 28 heavy (non-hydrogen) atoms. The highest BCUT2D eigenvalue weighted by atomic mass is 16.6. The van der Waals surface area contributed by atoms with E-state index < -0.39 is 23.3 Å². The summed E-state index contributed by atoms with van der Waals surface area (Å²) < 4.78 is 11.9. The van der Waals surface area contributed by atoms with E-state index in [0.29, 0.717) is 18.4 Å². The summed E-state index contributed by atoms with van der Waals surface area (Å²) in [4.78, 5) is 24.5. The van der Waals surface area contributed by atoms with Crippen molar-refractivity contribution in [3.63, 3.8) is 0 Å². The first-order valence-corrected chi connectivity index (χ1v) is 9.30. The van der Waals surface area contributed by atoms with Crippen molar-refractivity contribution in [3.8, 4) is 0 Å². The van der Waals surface area contributed by atoms with Gasteiger partial charge in [0.05, 0.1) is 29.1 Å². The number of esters is 1. The fraction of sp³-hybridized carbons (Fsp3) is 0.550. The summed E-state index contributed by atoms with van der Waals surface area (Å²) in [6, 6.07) is 3.50. The molecule has 154 valence electrons. The van der Waals surface area contributed by atoms with Gasteiger partial charge in [0.2, 0.25) is 0 Å². The number of aliphatic hydroxyl groups is 1. The molecule has 0 fully saturated rings. The number of carbonyl (C=O) groups is 2. The maximum atomic E-state index is 12.4. The first-order valence-electron chi connectivity index (χ1n) is 9.30. The number of anilines is 1. The van der Waals surface area contributed by atoms with Crippen LogP contribution in [0.25, 0.3) is 5.52 Å². The first kappa shape index (κ1) is 21.7. The molecule has 1 amide bonds. The summed E-state index contributed by atoms with van der Waals surface area (Å²) >= 11 is 0. The van der Waals surface area contributed by atoms with Gasteiger partial charge < -0.3 is 14.6 Å². The average molecular weight is 391 g/mol. The fourth-order valence-corrected chi connectivity index (χ4v) is 2.54. The minimum absolute atomic E-state index is 0.178. The number of ether oxygens (including phenoxy) is 2. The van der Waals surface area contributed by atoms with Crippen molar-refractivity contribution in [1.82, 2.24) is 9.61 Å². The van der Waals surface area contributed by atoms with Crippen LogP contribution in [0, 0.1) is 0 Å². The summed E-state index contributed by atoms with van der Waals surface area (Å²) in [6.07, 6.45) is 1.98. The van der Waals surface area contributed by atoms with Gasteiger partial charge in [0.25, 0.3) is 0 Å². The Kier molecular flexibility index (Phi) is 6.34. The molecule has 0 bridgehead atoms. The normalized spacial score (nSPS) is 12.1. The lowest BCUT2D eigenvalue weighted by Gasteiger charge is -2.20. The standard InChI is InChI=1S/C20H29N3O5/c1-7-27-17(24)15-12-23-14(10-13(22-23)8-9-20(5,6)26)11-16(15)21-18(25)28-19(2,3)4/h10-12,26H,7-9H2,1-6H3,(H,21,25). The van der Waals surface area contributed by atoms with Crippen LogP contribution in [0.3, 0.4) is 0 Å². The van der Waals surface area contributed by atoms with E-state index in [-0.39, 0.29) is 17.9 Å². The molecule has 0 saturated carbocycles. The van der Waals surface area contributed by atoms with Crippen LogP contribution in [-0.2, 0) is 15.9 Å². The number of aromatic nitrogens is 2. The molecule has 2 N–H and O–H groups in total. The highest BCUT2D eigenvalue weighted by Crippen LogP contribution is 2.23.